The Morgan fingerprint density at radius 3 is 2.33 bits per heavy atom. The summed E-state index contributed by atoms with van der Waals surface area (Å²) in [6.07, 6.45) is 0.474. The number of guanidine groups is 1. The molecule has 0 saturated carbocycles. The highest BCUT2D eigenvalue weighted by molar-refractivity contribution is 9.10. The second-order valence-electron chi connectivity index (χ2n) is 4.98. The number of nitrogens with two attached hydrogens (primary N) is 1. The molecule has 21 heavy (non-hydrogen) atoms. The minimum Gasteiger partial charge on any atom is -0.370 e. The smallest absolute Gasteiger partial charge is 0.259 e. The maximum atomic E-state index is 12.5. The van der Waals surface area contributed by atoms with E-state index < -0.39 is 5.54 Å². The molecule has 0 aromatic heterocycles. The fourth-order valence-electron chi connectivity index (χ4n) is 2.54. The van der Waals surface area contributed by atoms with Crippen molar-refractivity contribution < 1.29 is 4.79 Å². The van der Waals surface area contributed by atoms with Crippen LogP contribution in [0.3, 0.4) is 0 Å². The maximum Gasteiger partial charge on any atom is 0.259 e. The Hall–Kier alpha value is -2.14. The van der Waals surface area contributed by atoms with Crippen LogP contribution in [-0.4, -0.2) is 11.9 Å². The molecule has 1 atom stereocenters. The van der Waals surface area contributed by atoms with E-state index >= 15 is 0 Å². The number of carbonyl (C=O) groups is 1. The van der Waals surface area contributed by atoms with Crippen molar-refractivity contribution in [3.63, 3.8) is 0 Å². The molecule has 0 saturated heterocycles. The van der Waals surface area contributed by atoms with Crippen LogP contribution in [0.1, 0.15) is 11.1 Å². The predicted octanol–water partition coefficient (Wildman–Crippen LogP) is 2.33. The molecular weight excluding hydrogens is 330 g/mol. The standard InChI is InChI=1S/C16H14BrN3O/c17-13-8-6-12(7-9-13)16(14(21)19-15(18)20-16)10-11-4-2-1-3-5-11/h1-9H,10H2,(H3,18,19,20,21). The summed E-state index contributed by atoms with van der Waals surface area (Å²) in [6.45, 7) is 0. The lowest BCUT2D eigenvalue weighted by Gasteiger charge is -2.24. The second-order valence-corrected chi connectivity index (χ2v) is 5.90. The zero-order valence-electron chi connectivity index (χ0n) is 11.2. The van der Waals surface area contributed by atoms with E-state index in [1.807, 2.05) is 54.6 Å². The predicted molar refractivity (Wildman–Crippen MR) is 85.7 cm³/mol. The number of halogens is 1. The number of aliphatic imine (C=N–C) groups is 1. The fraction of sp³-hybridized carbons (Fsp3) is 0.125. The molecule has 1 aliphatic rings. The summed E-state index contributed by atoms with van der Waals surface area (Å²) < 4.78 is 0.955. The molecule has 3 N–H and O–H groups in total. The first-order chi connectivity index (χ1) is 10.1. The van der Waals surface area contributed by atoms with E-state index in [0.717, 1.165) is 15.6 Å². The number of carbonyl (C=O) groups excluding carboxylic acids is 1. The number of hydrogen-bond acceptors (Lipinski definition) is 3. The van der Waals surface area contributed by atoms with E-state index in [1.165, 1.54) is 0 Å². The van der Waals surface area contributed by atoms with E-state index in [4.69, 9.17) is 5.73 Å². The van der Waals surface area contributed by atoms with Gasteiger partial charge in [-0.25, -0.2) is 4.99 Å². The summed E-state index contributed by atoms with van der Waals surface area (Å²) in [7, 11) is 0. The molecule has 0 aliphatic carbocycles. The molecular formula is C16H14BrN3O. The number of nitrogens with zero attached hydrogens (tertiary/aromatic N) is 1. The third-order valence-corrected chi connectivity index (χ3v) is 4.08. The summed E-state index contributed by atoms with van der Waals surface area (Å²) in [5.41, 5.74) is 6.60. The summed E-state index contributed by atoms with van der Waals surface area (Å²) in [4.78, 5) is 16.9. The average Bonchev–Trinajstić information content (AvgIpc) is 2.76. The van der Waals surface area contributed by atoms with Crippen LogP contribution in [0.15, 0.2) is 64.1 Å². The van der Waals surface area contributed by atoms with E-state index in [0.29, 0.717) is 6.42 Å². The van der Waals surface area contributed by atoms with E-state index in [9.17, 15) is 4.79 Å². The zero-order valence-corrected chi connectivity index (χ0v) is 12.8. The Kier molecular flexibility index (Phi) is 3.51. The van der Waals surface area contributed by atoms with Gasteiger partial charge in [0.2, 0.25) is 0 Å². The number of amides is 1. The van der Waals surface area contributed by atoms with E-state index in [-0.39, 0.29) is 11.9 Å². The van der Waals surface area contributed by atoms with Crippen LogP contribution < -0.4 is 11.1 Å². The van der Waals surface area contributed by atoms with Gasteiger partial charge < -0.3 is 5.73 Å². The number of rotatable bonds is 3. The molecule has 5 heteroatoms. The highest BCUT2D eigenvalue weighted by atomic mass is 79.9. The van der Waals surface area contributed by atoms with Gasteiger partial charge in [-0.15, -0.1) is 0 Å². The topological polar surface area (TPSA) is 67.5 Å². The molecule has 2 aromatic rings. The molecule has 0 bridgehead atoms. The van der Waals surface area contributed by atoms with Crippen molar-refractivity contribution in [1.29, 1.82) is 0 Å². The third-order valence-electron chi connectivity index (χ3n) is 3.55. The lowest BCUT2D eigenvalue weighted by atomic mass is 9.84. The van der Waals surface area contributed by atoms with Gasteiger partial charge in [0.25, 0.3) is 5.91 Å². The quantitative estimate of drug-likeness (QED) is 0.897. The summed E-state index contributed by atoms with van der Waals surface area (Å²) >= 11 is 3.40. The highest BCUT2D eigenvalue weighted by Gasteiger charge is 2.44. The van der Waals surface area contributed by atoms with Gasteiger partial charge in [0.1, 0.15) is 0 Å². The molecule has 4 nitrogen and oxygen atoms in total. The molecule has 1 unspecified atom stereocenters. The van der Waals surface area contributed by atoms with Crippen molar-refractivity contribution in [3.05, 3.63) is 70.2 Å². The van der Waals surface area contributed by atoms with Gasteiger partial charge in [-0.05, 0) is 23.3 Å². The fourth-order valence-corrected chi connectivity index (χ4v) is 2.80. The van der Waals surface area contributed by atoms with E-state index in [2.05, 4.69) is 26.2 Å². The van der Waals surface area contributed by atoms with Crippen molar-refractivity contribution in [1.82, 2.24) is 5.32 Å². The number of benzene rings is 2. The van der Waals surface area contributed by atoms with Gasteiger partial charge in [0, 0.05) is 10.9 Å². The second kappa shape index (κ2) is 5.33. The molecule has 106 valence electrons. The van der Waals surface area contributed by atoms with Crippen molar-refractivity contribution in [2.24, 2.45) is 10.7 Å². The molecule has 3 rings (SSSR count). The van der Waals surface area contributed by atoms with Crippen molar-refractivity contribution in [3.8, 4) is 0 Å². The Morgan fingerprint density at radius 1 is 1.10 bits per heavy atom. The Balaban J connectivity index is 2.08. The molecule has 0 fully saturated rings. The van der Waals surface area contributed by atoms with Gasteiger partial charge in [0.05, 0.1) is 0 Å². The Bertz CT molecular complexity index is 697. The van der Waals surface area contributed by atoms with Crippen LogP contribution in [0, 0.1) is 0 Å². The average molecular weight is 344 g/mol. The monoisotopic (exact) mass is 343 g/mol. The zero-order chi connectivity index (χ0) is 14.9. The van der Waals surface area contributed by atoms with E-state index in [1.54, 1.807) is 0 Å². The first kappa shape index (κ1) is 13.8. The summed E-state index contributed by atoms with van der Waals surface area (Å²) in [6, 6.07) is 17.4. The lowest BCUT2D eigenvalue weighted by molar-refractivity contribution is -0.124. The van der Waals surface area contributed by atoms with Gasteiger partial charge in [0.15, 0.2) is 11.5 Å². The minimum atomic E-state index is -0.994. The van der Waals surface area contributed by atoms with Crippen LogP contribution in [-0.2, 0) is 16.8 Å². The van der Waals surface area contributed by atoms with Crippen LogP contribution in [0.25, 0.3) is 0 Å². The Morgan fingerprint density at radius 2 is 1.76 bits per heavy atom. The van der Waals surface area contributed by atoms with Crippen LogP contribution >= 0.6 is 15.9 Å². The minimum absolute atomic E-state index is 0.166. The first-order valence-electron chi connectivity index (χ1n) is 6.57. The molecule has 1 heterocycles. The maximum absolute atomic E-state index is 12.5. The van der Waals surface area contributed by atoms with Crippen molar-refractivity contribution in [2.45, 2.75) is 12.0 Å². The Labute approximate surface area is 131 Å². The largest absolute Gasteiger partial charge is 0.370 e. The lowest BCUT2D eigenvalue weighted by Crippen LogP contribution is -2.40. The van der Waals surface area contributed by atoms with Gasteiger partial charge >= 0.3 is 0 Å². The molecule has 2 aromatic carbocycles. The van der Waals surface area contributed by atoms with Crippen molar-refractivity contribution >= 4 is 27.8 Å². The number of nitrogens with one attached hydrogen (secondary N) is 1. The van der Waals surface area contributed by atoms with Crippen molar-refractivity contribution in [2.75, 3.05) is 0 Å². The SMILES string of the molecule is NC1=NC(Cc2ccccc2)(c2ccc(Br)cc2)C(=O)N1. The normalized spacial score (nSPS) is 21.0. The first-order valence-corrected chi connectivity index (χ1v) is 7.36. The van der Waals surface area contributed by atoms with Crippen LogP contribution in [0.2, 0.25) is 0 Å². The van der Waals surface area contributed by atoms with Crippen LogP contribution in [0.4, 0.5) is 0 Å². The van der Waals surface area contributed by atoms with Gasteiger partial charge in [-0.1, -0.05) is 58.4 Å². The molecule has 0 spiro atoms. The van der Waals surface area contributed by atoms with Gasteiger partial charge in [-0.3, -0.25) is 10.1 Å². The summed E-state index contributed by atoms with van der Waals surface area (Å²) in [5.74, 6) is -0.0231. The summed E-state index contributed by atoms with van der Waals surface area (Å²) in [5, 5.41) is 2.62. The van der Waals surface area contributed by atoms with Gasteiger partial charge in [-0.2, -0.15) is 0 Å². The molecule has 0 radical (unpaired) electrons. The molecule has 1 aliphatic heterocycles. The third kappa shape index (κ3) is 2.56. The number of hydrogen-bond donors (Lipinski definition) is 2. The van der Waals surface area contributed by atoms with Crippen LogP contribution in [0.5, 0.6) is 0 Å². The molecule has 1 amide bonds. The highest BCUT2D eigenvalue weighted by Crippen LogP contribution is 2.33.